The molecule has 0 atom stereocenters. The molecular formula is C15H16N2O4. The molecule has 2 aromatic rings. The molecule has 0 saturated carbocycles. The number of esters is 1. The van der Waals surface area contributed by atoms with E-state index in [4.69, 9.17) is 9.15 Å². The molecule has 0 aliphatic heterocycles. The molecular weight excluding hydrogens is 272 g/mol. The van der Waals surface area contributed by atoms with E-state index in [0.717, 1.165) is 0 Å². The van der Waals surface area contributed by atoms with Gasteiger partial charge in [-0.25, -0.2) is 9.78 Å². The van der Waals surface area contributed by atoms with Crippen molar-refractivity contribution in [1.29, 1.82) is 0 Å². The smallest absolute Gasteiger partial charge is 0.376 e. The van der Waals surface area contributed by atoms with E-state index in [9.17, 15) is 9.59 Å². The Morgan fingerprint density at radius 2 is 1.90 bits per heavy atom. The standard InChI is InChI=1S/C15H16N2O4/c1-4-20-15(19)13-12(16-9-21-13)10-5-7-11(8-6-10)14(18)17(2)3/h5-9H,4H2,1-3H3. The van der Waals surface area contributed by atoms with Gasteiger partial charge in [0.2, 0.25) is 5.76 Å². The minimum Gasteiger partial charge on any atom is -0.460 e. The number of amides is 1. The predicted molar refractivity (Wildman–Crippen MR) is 75.9 cm³/mol. The fraction of sp³-hybridized carbons (Fsp3) is 0.267. The molecule has 1 aromatic heterocycles. The summed E-state index contributed by atoms with van der Waals surface area (Å²) in [6.07, 6.45) is 1.19. The highest BCUT2D eigenvalue weighted by molar-refractivity contribution is 5.95. The molecule has 0 fully saturated rings. The largest absolute Gasteiger partial charge is 0.460 e. The molecule has 2 rings (SSSR count). The van der Waals surface area contributed by atoms with E-state index < -0.39 is 5.97 Å². The van der Waals surface area contributed by atoms with Gasteiger partial charge in [-0.1, -0.05) is 12.1 Å². The van der Waals surface area contributed by atoms with Gasteiger partial charge >= 0.3 is 5.97 Å². The molecule has 1 heterocycles. The second-order valence-corrected chi connectivity index (χ2v) is 4.53. The molecule has 0 radical (unpaired) electrons. The van der Waals surface area contributed by atoms with Gasteiger partial charge in [-0.05, 0) is 19.1 Å². The number of nitrogens with zero attached hydrogens (tertiary/aromatic N) is 2. The van der Waals surface area contributed by atoms with Gasteiger partial charge in [-0.3, -0.25) is 4.79 Å². The summed E-state index contributed by atoms with van der Waals surface area (Å²) >= 11 is 0. The molecule has 6 nitrogen and oxygen atoms in total. The lowest BCUT2D eigenvalue weighted by molar-refractivity contribution is 0.0491. The van der Waals surface area contributed by atoms with Gasteiger partial charge in [0.1, 0.15) is 5.69 Å². The highest BCUT2D eigenvalue weighted by Crippen LogP contribution is 2.23. The van der Waals surface area contributed by atoms with Crippen molar-refractivity contribution in [3.63, 3.8) is 0 Å². The first kappa shape index (κ1) is 14.8. The molecule has 0 unspecified atom stereocenters. The normalized spacial score (nSPS) is 10.2. The zero-order chi connectivity index (χ0) is 15.4. The van der Waals surface area contributed by atoms with Gasteiger partial charge in [0.05, 0.1) is 6.61 Å². The van der Waals surface area contributed by atoms with Crippen LogP contribution in [0.15, 0.2) is 35.1 Å². The maximum absolute atomic E-state index is 11.8. The molecule has 0 spiro atoms. The van der Waals surface area contributed by atoms with Crippen LogP contribution in [-0.2, 0) is 4.74 Å². The van der Waals surface area contributed by atoms with E-state index >= 15 is 0 Å². The number of aromatic nitrogens is 1. The van der Waals surface area contributed by atoms with Gasteiger partial charge in [-0.2, -0.15) is 0 Å². The number of rotatable bonds is 4. The summed E-state index contributed by atoms with van der Waals surface area (Å²) in [5.41, 5.74) is 1.64. The fourth-order valence-electron chi connectivity index (χ4n) is 1.82. The zero-order valence-electron chi connectivity index (χ0n) is 12.1. The maximum Gasteiger partial charge on any atom is 0.376 e. The second kappa shape index (κ2) is 6.21. The Kier molecular flexibility index (Phi) is 4.37. The van der Waals surface area contributed by atoms with Crippen LogP contribution in [0.4, 0.5) is 0 Å². The van der Waals surface area contributed by atoms with Crippen molar-refractivity contribution in [2.24, 2.45) is 0 Å². The number of oxazole rings is 1. The van der Waals surface area contributed by atoms with Gasteiger partial charge < -0.3 is 14.1 Å². The zero-order valence-corrected chi connectivity index (χ0v) is 12.1. The van der Waals surface area contributed by atoms with E-state index in [1.54, 1.807) is 45.3 Å². The molecule has 6 heteroatoms. The third-order valence-electron chi connectivity index (χ3n) is 2.84. The molecule has 1 aromatic carbocycles. The summed E-state index contributed by atoms with van der Waals surface area (Å²) in [6, 6.07) is 6.80. The Balaban J connectivity index is 2.30. The summed E-state index contributed by atoms with van der Waals surface area (Å²) in [7, 11) is 3.37. The SMILES string of the molecule is CCOC(=O)c1ocnc1-c1ccc(C(=O)N(C)C)cc1. The number of ether oxygens (including phenoxy) is 1. The van der Waals surface area contributed by atoms with Crippen LogP contribution in [0.3, 0.4) is 0 Å². The van der Waals surface area contributed by atoms with E-state index in [0.29, 0.717) is 16.8 Å². The lowest BCUT2D eigenvalue weighted by Crippen LogP contribution is -2.21. The van der Waals surface area contributed by atoms with Crippen molar-refractivity contribution >= 4 is 11.9 Å². The topological polar surface area (TPSA) is 72.6 Å². The first-order valence-corrected chi connectivity index (χ1v) is 6.47. The predicted octanol–water partition coefficient (Wildman–Crippen LogP) is 2.22. The van der Waals surface area contributed by atoms with Crippen LogP contribution in [-0.4, -0.2) is 42.5 Å². The molecule has 0 bridgehead atoms. The van der Waals surface area contributed by atoms with E-state index in [-0.39, 0.29) is 18.3 Å². The Morgan fingerprint density at radius 1 is 1.24 bits per heavy atom. The number of benzene rings is 1. The third kappa shape index (κ3) is 3.10. The lowest BCUT2D eigenvalue weighted by Gasteiger charge is -2.10. The highest BCUT2D eigenvalue weighted by atomic mass is 16.5. The Labute approximate surface area is 122 Å². The minimum absolute atomic E-state index is 0.0588. The number of carbonyl (C=O) groups excluding carboxylic acids is 2. The van der Waals surface area contributed by atoms with Crippen molar-refractivity contribution in [3.8, 4) is 11.3 Å². The molecule has 0 saturated heterocycles. The van der Waals surface area contributed by atoms with Gasteiger partial charge in [0.25, 0.3) is 5.91 Å². The monoisotopic (exact) mass is 288 g/mol. The molecule has 0 N–H and O–H groups in total. The van der Waals surface area contributed by atoms with Crippen LogP contribution >= 0.6 is 0 Å². The first-order valence-electron chi connectivity index (χ1n) is 6.47. The van der Waals surface area contributed by atoms with Crippen LogP contribution in [0.2, 0.25) is 0 Å². The number of carbonyl (C=O) groups is 2. The fourth-order valence-corrected chi connectivity index (χ4v) is 1.82. The lowest BCUT2D eigenvalue weighted by atomic mass is 10.1. The van der Waals surface area contributed by atoms with E-state index in [1.165, 1.54) is 11.3 Å². The quantitative estimate of drug-likeness (QED) is 0.807. The van der Waals surface area contributed by atoms with Crippen LogP contribution in [0.25, 0.3) is 11.3 Å². The highest BCUT2D eigenvalue weighted by Gasteiger charge is 2.19. The first-order chi connectivity index (χ1) is 10.0. The number of hydrogen-bond donors (Lipinski definition) is 0. The summed E-state index contributed by atoms with van der Waals surface area (Å²) in [6.45, 7) is 1.98. The van der Waals surface area contributed by atoms with Gasteiger partial charge in [0, 0.05) is 25.2 Å². The van der Waals surface area contributed by atoms with E-state index in [2.05, 4.69) is 4.98 Å². The Morgan fingerprint density at radius 3 is 2.48 bits per heavy atom. The van der Waals surface area contributed by atoms with Gasteiger partial charge in [0.15, 0.2) is 6.39 Å². The van der Waals surface area contributed by atoms with Crippen molar-refractivity contribution in [2.45, 2.75) is 6.92 Å². The molecule has 110 valence electrons. The maximum atomic E-state index is 11.8. The summed E-state index contributed by atoms with van der Waals surface area (Å²) in [5, 5.41) is 0. The summed E-state index contributed by atoms with van der Waals surface area (Å²) < 4.78 is 10.00. The third-order valence-corrected chi connectivity index (χ3v) is 2.84. The van der Waals surface area contributed by atoms with Gasteiger partial charge in [-0.15, -0.1) is 0 Å². The van der Waals surface area contributed by atoms with Crippen molar-refractivity contribution in [1.82, 2.24) is 9.88 Å². The average Bonchev–Trinajstić information content (AvgIpc) is 2.96. The molecule has 1 amide bonds. The van der Waals surface area contributed by atoms with Crippen LogP contribution in [0, 0.1) is 0 Å². The Bertz CT molecular complexity index is 644. The molecule has 0 aliphatic rings. The average molecular weight is 288 g/mol. The van der Waals surface area contributed by atoms with Crippen molar-refractivity contribution < 1.29 is 18.7 Å². The van der Waals surface area contributed by atoms with E-state index in [1.807, 2.05) is 0 Å². The second-order valence-electron chi connectivity index (χ2n) is 4.53. The number of hydrogen-bond acceptors (Lipinski definition) is 5. The summed E-state index contributed by atoms with van der Waals surface area (Å²) in [5.74, 6) is -0.589. The van der Waals surface area contributed by atoms with Crippen LogP contribution in [0.1, 0.15) is 27.8 Å². The van der Waals surface area contributed by atoms with Crippen LogP contribution < -0.4 is 0 Å². The summed E-state index contributed by atoms with van der Waals surface area (Å²) in [4.78, 5) is 29.1. The molecule has 21 heavy (non-hydrogen) atoms. The van der Waals surface area contributed by atoms with Crippen molar-refractivity contribution in [3.05, 3.63) is 42.0 Å². The minimum atomic E-state index is -0.557. The Hall–Kier alpha value is -2.63. The molecule has 0 aliphatic carbocycles. The van der Waals surface area contributed by atoms with Crippen molar-refractivity contribution in [2.75, 3.05) is 20.7 Å². The van der Waals surface area contributed by atoms with Crippen LogP contribution in [0.5, 0.6) is 0 Å².